The molecule has 1 saturated heterocycles. The third kappa shape index (κ3) is 4.97. The normalized spacial score (nSPS) is 15.3. The minimum absolute atomic E-state index is 0.0934. The van der Waals surface area contributed by atoms with Gasteiger partial charge < -0.3 is 10.2 Å². The summed E-state index contributed by atoms with van der Waals surface area (Å²) in [6, 6.07) is 16.1. The summed E-state index contributed by atoms with van der Waals surface area (Å²) in [5.41, 5.74) is 1.04. The molecular formula is C23H29N3O2. The van der Waals surface area contributed by atoms with Gasteiger partial charge in [0, 0.05) is 19.3 Å². The number of hydrogen-bond acceptors (Lipinski definition) is 3. The fourth-order valence-electron chi connectivity index (χ4n) is 3.67. The van der Waals surface area contributed by atoms with Crippen LogP contribution in [0.25, 0.3) is 0 Å². The maximum Gasteiger partial charge on any atom is 0.237 e. The van der Waals surface area contributed by atoms with Crippen LogP contribution in [0.3, 0.4) is 0 Å². The molecule has 1 aliphatic rings. The van der Waals surface area contributed by atoms with Gasteiger partial charge in [-0.1, -0.05) is 36.4 Å². The van der Waals surface area contributed by atoms with Crippen LogP contribution in [0.4, 0.5) is 0 Å². The lowest BCUT2D eigenvalue weighted by Gasteiger charge is -2.36. The molecule has 2 aromatic rings. The van der Waals surface area contributed by atoms with Crippen LogP contribution >= 0.6 is 0 Å². The molecule has 0 radical (unpaired) electrons. The zero-order chi connectivity index (χ0) is 20.0. The molecule has 0 bridgehead atoms. The van der Waals surface area contributed by atoms with Gasteiger partial charge in [-0.15, -0.1) is 0 Å². The highest BCUT2D eigenvalue weighted by Crippen LogP contribution is 2.26. The van der Waals surface area contributed by atoms with Crippen molar-refractivity contribution < 1.29 is 9.59 Å². The van der Waals surface area contributed by atoms with Crippen molar-refractivity contribution in [3.8, 4) is 0 Å². The molecule has 1 fully saturated rings. The molecule has 0 saturated carbocycles. The highest BCUT2D eigenvalue weighted by Gasteiger charge is 2.40. The van der Waals surface area contributed by atoms with E-state index in [-0.39, 0.29) is 11.8 Å². The number of pyridine rings is 1. The van der Waals surface area contributed by atoms with Gasteiger partial charge in [-0.3, -0.25) is 14.6 Å². The highest BCUT2D eigenvalue weighted by atomic mass is 16.2. The van der Waals surface area contributed by atoms with Crippen molar-refractivity contribution in [1.82, 2.24) is 15.2 Å². The van der Waals surface area contributed by atoms with E-state index in [9.17, 15) is 9.59 Å². The fraction of sp³-hybridized carbons (Fsp3) is 0.435. The Hall–Kier alpha value is -2.69. The zero-order valence-corrected chi connectivity index (χ0v) is 16.7. The topological polar surface area (TPSA) is 62.3 Å². The molecule has 5 nitrogen and oxygen atoms in total. The monoisotopic (exact) mass is 379 g/mol. The van der Waals surface area contributed by atoms with Crippen molar-refractivity contribution in [3.05, 3.63) is 66.0 Å². The molecule has 1 aromatic heterocycles. The van der Waals surface area contributed by atoms with E-state index in [4.69, 9.17) is 0 Å². The summed E-state index contributed by atoms with van der Waals surface area (Å²) in [5.74, 6) is 0.242. The molecule has 2 heterocycles. The van der Waals surface area contributed by atoms with Crippen molar-refractivity contribution >= 4 is 11.8 Å². The molecule has 28 heavy (non-hydrogen) atoms. The maximum atomic E-state index is 13.0. The number of rotatable bonds is 6. The Balaban J connectivity index is 1.50. The van der Waals surface area contributed by atoms with Gasteiger partial charge in [0.15, 0.2) is 0 Å². The molecular weight excluding hydrogens is 350 g/mol. The first-order valence-corrected chi connectivity index (χ1v) is 9.98. The summed E-state index contributed by atoms with van der Waals surface area (Å²) in [4.78, 5) is 31.7. The molecule has 1 aliphatic heterocycles. The Morgan fingerprint density at radius 2 is 1.75 bits per heavy atom. The van der Waals surface area contributed by atoms with Crippen LogP contribution in [0, 0.1) is 11.3 Å². The largest absolute Gasteiger partial charge is 0.350 e. The minimum Gasteiger partial charge on any atom is -0.350 e. The molecule has 0 spiro atoms. The quantitative estimate of drug-likeness (QED) is 0.784. The Morgan fingerprint density at radius 3 is 2.39 bits per heavy atom. The first-order valence-electron chi connectivity index (χ1n) is 9.98. The van der Waals surface area contributed by atoms with Crippen LogP contribution in [0.5, 0.6) is 0 Å². The predicted octanol–water partition coefficient (Wildman–Crippen LogP) is 3.21. The maximum absolute atomic E-state index is 13.0. The van der Waals surface area contributed by atoms with Crippen LogP contribution in [0.1, 0.15) is 37.9 Å². The fourth-order valence-corrected chi connectivity index (χ4v) is 3.67. The lowest BCUT2D eigenvalue weighted by molar-refractivity contribution is -0.149. The smallest absolute Gasteiger partial charge is 0.237 e. The second-order valence-corrected chi connectivity index (χ2v) is 8.05. The van der Waals surface area contributed by atoms with E-state index in [1.165, 1.54) is 5.56 Å². The first-order chi connectivity index (χ1) is 13.5. The van der Waals surface area contributed by atoms with Gasteiger partial charge in [0.1, 0.15) is 5.41 Å². The third-order valence-corrected chi connectivity index (χ3v) is 5.53. The molecule has 2 amide bonds. The first kappa shape index (κ1) is 20.1. The average molecular weight is 380 g/mol. The summed E-state index contributed by atoms with van der Waals surface area (Å²) >= 11 is 0. The predicted molar refractivity (Wildman–Crippen MR) is 109 cm³/mol. The number of carbonyl (C=O) groups excluding carboxylic acids is 2. The standard InChI is InChI=1S/C23H29N3O2/c1-23(2,21(27)25-17-20-10-6-7-13-24-20)22(28)26-14-11-19(12-15-26)16-18-8-4-3-5-9-18/h3-10,13,19H,11-12,14-17H2,1-2H3,(H,25,27). The van der Waals surface area contributed by atoms with Crippen LogP contribution in [0.2, 0.25) is 0 Å². The summed E-state index contributed by atoms with van der Waals surface area (Å²) in [6.07, 6.45) is 4.70. The molecule has 0 aliphatic carbocycles. The van der Waals surface area contributed by atoms with Gasteiger partial charge in [0.25, 0.3) is 0 Å². The summed E-state index contributed by atoms with van der Waals surface area (Å²) in [7, 11) is 0. The van der Waals surface area contributed by atoms with Crippen molar-refractivity contribution in [3.63, 3.8) is 0 Å². The minimum atomic E-state index is -1.08. The van der Waals surface area contributed by atoms with E-state index < -0.39 is 5.41 Å². The molecule has 148 valence electrons. The molecule has 1 aromatic carbocycles. The van der Waals surface area contributed by atoms with Crippen LogP contribution in [-0.2, 0) is 22.6 Å². The van der Waals surface area contributed by atoms with Crippen molar-refractivity contribution in [2.75, 3.05) is 13.1 Å². The molecule has 5 heteroatoms. The number of nitrogens with one attached hydrogen (secondary N) is 1. The highest BCUT2D eigenvalue weighted by molar-refractivity contribution is 6.04. The van der Waals surface area contributed by atoms with Gasteiger partial charge in [0.2, 0.25) is 11.8 Å². The van der Waals surface area contributed by atoms with Crippen molar-refractivity contribution in [2.24, 2.45) is 11.3 Å². The Morgan fingerprint density at radius 1 is 1.07 bits per heavy atom. The van der Waals surface area contributed by atoms with Crippen LogP contribution in [0.15, 0.2) is 54.7 Å². The third-order valence-electron chi connectivity index (χ3n) is 5.53. The Kier molecular flexibility index (Phi) is 6.45. The van der Waals surface area contributed by atoms with Gasteiger partial charge in [0.05, 0.1) is 12.2 Å². The number of benzene rings is 1. The summed E-state index contributed by atoms with van der Waals surface area (Å²) in [6.45, 7) is 5.17. The van der Waals surface area contributed by atoms with E-state index in [1.54, 1.807) is 20.0 Å². The number of carbonyl (C=O) groups is 2. The molecule has 0 atom stereocenters. The average Bonchev–Trinajstić information content (AvgIpc) is 2.73. The van der Waals surface area contributed by atoms with Crippen molar-refractivity contribution in [2.45, 2.75) is 39.7 Å². The van der Waals surface area contributed by atoms with Gasteiger partial charge in [-0.25, -0.2) is 0 Å². The number of amides is 2. The second kappa shape index (κ2) is 9.00. The van der Waals surface area contributed by atoms with E-state index in [2.05, 4.69) is 34.6 Å². The Labute approximate surface area is 167 Å². The van der Waals surface area contributed by atoms with E-state index >= 15 is 0 Å². The molecule has 3 rings (SSSR count). The van der Waals surface area contributed by atoms with Gasteiger partial charge in [-0.2, -0.15) is 0 Å². The lowest BCUT2D eigenvalue weighted by atomic mass is 9.86. The second-order valence-electron chi connectivity index (χ2n) is 8.05. The summed E-state index contributed by atoms with van der Waals surface area (Å²) < 4.78 is 0. The molecule has 1 N–H and O–H groups in total. The van der Waals surface area contributed by atoms with Gasteiger partial charge in [-0.05, 0) is 56.7 Å². The number of nitrogens with zero attached hydrogens (tertiary/aromatic N) is 2. The summed E-state index contributed by atoms with van der Waals surface area (Å²) in [5, 5.41) is 2.85. The van der Waals surface area contributed by atoms with Crippen molar-refractivity contribution in [1.29, 1.82) is 0 Å². The van der Waals surface area contributed by atoms with Crippen LogP contribution < -0.4 is 5.32 Å². The van der Waals surface area contributed by atoms with E-state index in [1.807, 2.05) is 29.2 Å². The lowest BCUT2D eigenvalue weighted by Crippen LogP contribution is -2.51. The number of piperidine rings is 1. The van der Waals surface area contributed by atoms with Crippen LogP contribution in [-0.4, -0.2) is 34.8 Å². The molecule has 0 unspecified atom stereocenters. The number of hydrogen-bond donors (Lipinski definition) is 1. The SMILES string of the molecule is CC(C)(C(=O)NCc1ccccn1)C(=O)N1CCC(Cc2ccccc2)CC1. The van der Waals surface area contributed by atoms with E-state index in [0.29, 0.717) is 25.6 Å². The zero-order valence-electron chi connectivity index (χ0n) is 16.7. The Bertz CT molecular complexity index is 782. The van der Waals surface area contributed by atoms with Gasteiger partial charge >= 0.3 is 0 Å². The number of likely N-dealkylation sites (tertiary alicyclic amines) is 1. The number of aromatic nitrogens is 1. The van der Waals surface area contributed by atoms with E-state index in [0.717, 1.165) is 25.0 Å².